The molecule has 0 aliphatic carbocycles. The van der Waals surface area contributed by atoms with Crippen LogP contribution in [-0.4, -0.2) is 81.3 Å². The minimum absolute atomic E-state index is 0.132. The Morgan fingerprint density at radius 3 is 2.26 bits per heavy atom. The summed E-state index contributed by atoms with van der Waals surface area (Å²) in [5, 5.41) is 24.5. The molecule has 0 aromatic carbocycles. The van der Waals surface area contributed by atoms with Crippen LogP contribution in [0, 0.1) is 5.92 Å². The average molecular weight is 487 g/mol. The molecule has 12 heteroatoms. The number of hydrogen-bond donors (Lipinski definition) is 5. The number of amides is 4. The number of likely N-dealkylation sites (tertiary alicyclic amines) is 1. The summed E-state index contributed by atoms with van der Waals surface area (Å²) < 4.78 is 5.11. The number of carbonyl (C=O) groups is 5. The van der Waals surface area contributed by atoms with Gasteiger partial charge in [0.1, 0.15) is 17.7 Å². The molecule has 0 bridgehead atoms. The molecule has 0 radical (unpaired) electrons. The third kappa shape index (κ3) is 9.54. The van der Waals surface area contributed by atoms with Crippen LogP contribution in [0.25, 0.3) is 0 Å². The van der Waals surface area contributed by atoms with E-state index in [1.807, 2.05) is 0 Å². The van der Waals surface area contributed by atoms with Gasteiger partial charge < -0.3 is 36.2 Å². The Bertz CT molecular complexity index is 764. The summed E-state index contributed by atoms with van der Waals surface area (Å²) in [6.07, 6.45) is -2.05. The number of ether oxygens (including phenoxy) is 1. The molecule has 6 N–H and O–H groups in total. The second kappa shape index (κ2) is 12.5. The van der Waals surface area contributed by atoms with Gasteiger partial charge in [0.05, 0.1) is 18.6 Å². The first-order valence-corrected chi connectivity index (χ1v) is 11.4. The van der Waals surface area contributed by atoms with Crippen LogP contribution in [0.1, 0.15) is 66.7 Å². The van der Waals surface area contributed by atoms with Gasteiger partial charge in [-0.2, -0.15) is 0 Å². The highest BCUT2D eigenvalue weighted by atomic mass is 16.6. The molecule has 4 amide bonds. The first kappa shape index (κ1) is 29.1. The van der Waals surface area contributed by atoms with Gasteiger partial charge in [-0.15, -0.1) is 0 Å². The summed E-state index contributed by atoms with van der Waals surface area (Å²) in [6.45, 7) is 8.75. The van der Waals surface area contributed by atoms with Crippen molar-refractivity contribution in [3.05, 3.63) is 0 Å². The molecule has 1 rings (SSSR count). The molecule has 1 aliphatic heterocycles. The Kier molecular flexibility index (Phi) is 10.7. The van der Waals surface area contributed by atoms with Gasteiger partial charge >= 0.3 is 12.1 Å². The van der Waals surface area contributed by atoms with Crippen LogP contribution in [0.5, 0.6) is 0 Å². The second-order valence-corrected chi connectivity index (χ2v) is 9.83. The summed E-state index contributed by atoms with van der Waals surface area (Å²) >= 11 is 0. The lowest BCUT2D eigenvalue weighted by Gasteiger charge is -2.28. The Morgan fingerprint density at radius 2 is 1.76 bits per heavy atom. The van der Waals surface area contributed by atoms with Crippen molar-refractivity contribution < 1.29 is 38.9 Å². The third-order valence-corrected chi connectivity index (χ3v) is 5.36. The van der Waals surface area contributed by atoms with Crippen molar-refractivity contribution in [1.29, 1.82) is 0 Å². The van der Waals surface area contributed by atoms with Gasteiger partial charge in [0.15, 0.2) is 0 Å². The number of hydrogen-bond acceptors (Lipinski definition) is 7. The van der Waals surface area contributed by atoms with E-state index >= 15 is 0 Å². The van der Waals surface area contributed by atoms with Gasteiger partial charge in [-0.1, -0.05) is 13.8 Å². The number of carboxylic acid groups (broad SMARTS) is 1. The average Bonchev–Trinajstić information content (AvgIpc) is 3.17. The summed E-state index contributed by atoms with van der Waals surface area (Å²) in [4.78, 5) is 61.6. The highest BCUT2D eigenvalue weighted by Gasteiger charge is 2.36. The van der Waals surface area contributed by atoms with Crippen molar-refractivity contribution >= 4 is 29.8 Å². The van der Waals surface area contributed by atoms with E-state index in [-0.39, 0.29) is 18.8 Å². The molecule has 1 fully saturated rings. The Hall–Kier alpha value is -2.89. The fourth-order valence-electron chi connectivity index (χ4n) is 3.70. The van der Waals surface area contributed by atoms with Gasteiger partial charge in [0.25, 0.3) is 0 Å². The number of alkyl carbamates (subject to hydrolysis) is 1. The zero-order chi connectivity index (χ0) is 26.2. The fourth-order valence-corrected chi connectivity index (χ4v) is 3.70. The van der Waals surface area contributed by atoms with E-state index < -0.39 is 66.0 Å². The predicted molar refractivity (Wildman–Crippen MR) is 121 cm³/mol. The van der Waals surface area contributed by atoms with Crippen molar-refractivity contribution in [1.82, 2.24) is 15.5 Å². The van der Waals surface area contributed by atoms with Crippen LogP contribution in [0.2, 0.25) is 0 Å². The number of aliphatic carboxylic acids is 1. The molecule has 0 saturated carbocycles. The van der Waals surface area contributed by atoms with E-state index in [1.54, 1.807) is 34.6 Å². The summed E-state index contributed by atoms with van der Waals surface area (Å²) in [6, 6.07) is -2.79. The van der Waals surface area contributed by atoms with E-state index in [0.29, 0.717) is 19.4 Å². The number of nitrogens with zero attached hydrogens (tertiary/aromatic N) is 1. The lowest BCUT2D eigenvalue weighted by molar-refractivity contribution is -0.140. The molecule has 1 heterocycles. The third-order valence-electron chi connectivity index (χ3n) is 5.36. The minimum atomic E-state index is -1.33. The number of primary amides is 1. The maximum absolute atomic E-state index is 12.8. The monoisotopic (exact) mass is 486 g/mol. The molecule has 1 saturated heterocycles. The van der Waals surface area contributed by atoms with E-state index in [9.17, 15) is 29.1 Å². The zero-order valence-corrected chi connectivity index (χ0v) is 20.5. The number of nitrogens with two attached hydrogens (primary N) is 1. The molecular formula is C22H38N4O8. The smallest absolute Gasteiger partial charge is 0.407 e. The highest BCUT2D eigenvalue weighted by Crippen LogP contribution is 2.20. The molecule has 0 aromatic rings. The van der Waals surface area contributed by atoms with Crippen LogP contribution in [0.4, 0.5) is 4.79 Å². The van der Waals surface area contributed by atoms with Crippen molar-refractivity contribution in [2.24, 2.45) is 11.7 Å². The first-order chi connectivity index (χ1) is 15.6. The zero-order valence-electron chi connectivity index (χ0n) is 20.5. The lowest BCUT2D eigenvalue weighted by Crippen LogP contribution is -2.54. The number of nitrogens with one attached hydrogen (secondary N) is 2. The molecule has 0 unspecified atom stereocenters. The minimum Gasteiger partial charge on any atom is -0.481 e. The van der Waals surface area contributed by atoms with Crippen LogP contribution in [-0.2, 0) is 23.9 Å². The standard InChI is InChI=1S/C22H38N4O8/c1-12(2)18(19(23)31)25-20(32)14-7-6-10-26(14)16(28)9-8-15(27)13(11-17(29)30)24-21(33)34-22(3,4)5/h12-15,18,27H,6-11H2,1-5H3,(H2,23,31)(H,24,33)(H,25,32)(H,29,30)/t13-,14-,15+,18-/m0/s1. The molecule has 0 aromatic heterocycles. The fraction of sp³-hybridized carbons (Fsp3) is 0.773. The van der Waals surface area contributed by atoms with Crippen molar-refractivity contribution in [2.75, 3.05) is 6.54 Å². The van der Waals surface area contributed by atoms with Crippen molar-refractivity contribution in [3.63, 3.8) is 0 Å². The van der Waals surface area contributed by atoms with Gasteiger partial charge in [-0.25, -0.2) is 4.79 Å². The second-order valence-electron chi connectivity index (χ2n) is 9.83. The number of aliphatic hydroxyl groups is 1. The normalized spacial score (nSPS) is 18.7. The predicted octanol–water partition coefficient (Wildman–Crippen LogP) is 0.113. The van der Waals surface area contributed by atoms with E-state index in [1.165, 1.54) is 4.90 Å². The first-order valence-electron chi connectivity index (χ1n) is 11.4. The van der Waals surface area contributed by atoms with Crippen LogP contribution in [0.3, 0.4) is 0 Å². The van der Waals surface area contributed by atoms with E-state index in [4.69, 9.17) is 15.6 Å². The lowest BCUT2D eigenvalue weighted by atomic mass is 10.0. The molecule has 4 atom stereocenters. The molecule has 34 heavy (non-hydrogen) atoms. The molecule has 0 spiro atoms. The van der Waals surface area contributed by atoms with Gasteiger partial charge in [0.2, 0.25) is 17.7 Å². The largest absolute Gasteiger partial charge is 0.481 e. The molecule has 194 valence electrons. The van der Waals surface area contributed by atoms with Crippen LogP contribution < -0.4 is 16.4 Å². The number of carbonyl (C=O) groups excluding carboxylic acids is 4. The molecular weight excluding hydrogens is 448 g/mol. The van der Waals surface area contributed by atoms with Crippen LogP contribution >= 0.6 is 0 Å². The van der Waals surface area contributed by atoms with Gasteiger partial charge in [0, 0.05) is 13.0 Å². The number of rotatable bonds is 11. The maximum Gasteiger partial charge on any atom is 0.407 e. The number of aliphatic hydroxyl groups excluding tert-OH is 1. The molecule has 12 nitrogen and oxygen atoms in total. The Labute approximate surface area is 199 Å². The van der Waals surface area contributed by atoms with Gasteiger partial charge in [-0.05, 0) is 46.0 Å². The summed E-state index contributed by atoms with van der Waals surface area (Å²) in [5.41, 5.74) is 4.54. The summed E-state index contributed by atoms with van der Waals surface area (Å²) in [7, 11) is 0. The van der Waals surface area contributed by atoms with Gasteiger partial charge in [-0.3, -0.25) is 19.2 Å². The van der Waals surface area contributed by atoms with E-state index in [2.05, 4.69) is 10.6 Å². The van der Waals surface area contributed by atoms with Crippen molar-refractivity contribution in [3.8, 4) is 0 Å². The Balaban J connectivity index is 2.75. The topological polar surface area (TPSA) is 188 Å². The SMILES string of the molecule is CC(C)[C@H](NC(=O)[C@@H]1CCCN1C(=O)CC[C@@H](O)[C@H](CC(=O)O)NC(=O)OC(C)(C)C)C(N)=O. The Morgan fingerprint density at radius 1 is 1.15 bits per heavy atom. The molecule has 1 aliphatic rings. The van der Waals surface area contributed by atoms with E-state index in [0.717, 1.165) is 0 Å². The quantitative estimate of drug-likeness (QED) is 0.272. The highest BCUT2D eigenvalue weighted by molar-refractivity contribution is 5.92. The van der Waals surface area contributed by atoms with Crippen molar-refractivity contribution in [2.45, 2.75) is 96.6 Å². The number of carboxylic acids is 1. The van der Waals surface area contributed by atoms with Crippen LogP contribution in [0.15, 0.2) is 0 Å². The summed E-state index contributed by atoms with van der Waals surface area (Å²) in [5.74, 6) is -2.99. The maximum atomic E-state index is 12.8.